The standard InChI is InChI=1S/C10H15IN2O2/c1-7(12(2)3)5-13-6-8(11)4-9(13)10(14)15/h4,6-7H,5H2,1-3H3,(H,14,15). The molecule has 84 valence electrons. The summed E-state index contributed by atoms with van der Waals surface area (Å²) in [6.07, 6.45) is 1.87. The van der Waals surface area contributed by atoms with Crippen LogP contribution in [0.2, 0.25) is 0 Å². The molecular formula is C10H15IN2O2. The predicted octanol–water partition coefficient (Wildman–Crippen LogP) is 1.74. The molecule has 1 N–H and O–H groups in total. The number of carboxylic acids is 1. The van der Waals surface area contributed by atoms with Crippen LogP contribution in [0.4, 0.5) is 0 Å². The average molecular weight is 322 g/mol. The minimum absolute atomic E-state index is 0.311. The highest BCUT2D eigenvalue weighted by molar-refractivity contribution is 14.1. The van der Waals surface area contributed by atoms with Crippen LogP contribution in [-0.4, -0.2) is 40.7 Å². The van der Waals surface area contributed by atoms with E-state index in [4.69, 9.17) is 5.11 Å². The summed E-state index contributed by atoms with van der Waals surface area (Å²) in [6.45, 7) is 2.76. The van der Waals surface area contributed by atoms with Crippen molar-refractivity contribution in [2.45, 2.75) is 19.5 Å². The van der Waals surface area contributed by atoms with Gasteiger partial charge in [-0.3, -0.25) is 0 Å². The molecular weight excluding hydrogens is 307 g/mol. The second-order valence-electron chi connectivity index (χ2n) is 3.81. The highest BCUT2D eigenvalue weighted by Crippen LogP contribution is 2.12. The number of halogens is 1. The molecule has 0 aliphatic heterocycles. The molecule has 0 radical (unpaired) electrons. The quantitative estimate of drug-likeness (QED) is 0.859. The van der Waals surface area contributed by atoms with Crippen LogP contribution in [0.15, 0.2) is 12.3 Å². The van der Waals surface area contributed by atoms with Crippen molar-refractivity contribution >= 4 is 28.6 Å². The molecule has 1 aromatic heterocycles. The third kappa shape index (κ3) is 3.20. The van der Waals surface area contributed by atoms with Crippen molar-refractivity contribution < 1.29 is 9.90 Å². The van der Waals surface area contributed by atoms with Gasteiger partial charge in [-0.2, -0.15) is 0 Å². The zero-order chi connectivity index (χ0) is 11.6. The maximum atomic E-state index is 10.9. The average Bonchev–Trinajstić information content (AvgIpc) is 2.46. The largest absolute Gasteiger partial charge is 0.477 e. The molecule has 1 unspecified atom stereocenters. The van der Waals surface area contributed by atoms with Gasteiger partial charge in [0, 0.05) is 22.4 Å². The molecule has 1 heterocycles. The topological polar surface area (TPSA) is 45.5 Å². The summed E-state index contributed by atoms with van der Waals surface area (Å²) in [5.41, 5.74) is 0.355. The van der Waals surface area contributed by atoms with Gasteiger partial charge in [0.15, 0.2) is 0 Å². The van der Waals surface area contributed by atoms with Crippen LogP contribution >= 0.6 is 22.6 Å². The van der Waals surface area contributed by atoms with Gasteiger partial charge in [0.1, 0.15) is 5.69 Å². The van der Waals surface area contributed by atoms with Crippen molar-refractivity contribution in [3.63, 3.8) is 0 Å². The van der Waals surface area contributed by atoms with Crippen molar-refractivity contribution in [3.8, 4) is 0 Å². The number of aromatic nitrogens is 1. The van der Waals surface area contributed by atoms with Crippen molar-refractivity contribution in [1.82, 2.24) is 9.47 Å². The van der Waals surface area contributed by atoms with Crippen molar-refractivity contribution in [2.24, 2.45) is 0 Å². The van der Waals surface area contributed by atoms with Crippen LogP contribution in [0, 0.1) is 3.57 Å². The van der Waals surface area contributed by atoms with Gasteiger partial charge >= 0.3 is 5.97 Å². The van der Waals surface area contributed by atoms with Crippen LogP contribution in [0.1, 0.15) is 17.4 Å². The molecule has 0 spiro atoms. The van der Waals surface area contributed by atoms with Gasteiger partial charge < -0.3 is 14.6 Å². The second-order valence-corrected chi connectivity index (χ2v) is 5.06. The molecule has 5 heteroatoms. The van der Waals surface area contributed by atoms with Crippen molar-refractivity contribution in [1.29, 1.82) is 0 Å². The first-order chi connectivity index (χ1) is 6.91. The maximum Gasteiger partial charge on any atom is 0.352 e. The van der Waals surface area contributed by atoms with Crippen LogP contribution in [0.3, 0.4) is 0 Å². The van der Waals surface area contributed by atoms with Gasteiger partial charge in [-0.25, -0.2) is 4.79 Å². The summed E-state index contributed by atoms with van der Waals surface area (Å²) >= 11 is 2.13. The Balaban J connectivity index is 2.89. The number of hydrogen-bond acceptors (Lipinski definition) is 2. The zero-order valence-corrected chi connectivity index (χ0v) is 11.2. The Bertz CT molecular complexity index is 360. The Morgan fingerprint density at radius 1 is 1.67 bits per heavy atom. The smallest absolute Gasteiger partial charge is 0.352 e. The fourth-order valence-electron chi connectivity index (χ4n) is 1.25. The van der Waals surface area contributed by atoms with E-state index in [1.54, 1.807) is 10.6 Å². The summed E-state index contributed by atoms with van der Waals surface area (Å²) < 4.78 is 2.74. The third-order valence-corrected chi connectivity index (χ3v) is 3.01. The monoisotopic (exact) mass is 322 g/mol. The summed E-state index contributed by atoms with van der Waals surface area (Å²) in [4.78, 5) is 13.0. The van der Waals surface area contributed by atoms with Gasteiger partial charge in [0.05, 0.1) is 0 Å². The molecule has 1 rings (SSSR count). The van der Waals surface area contributed by atoms with Crippen LogP contribution in [0.25, 0.3) is 0 Å². The van der Waals surface area contributed by atoms with E-state index in [0.29, 0.717) is 18.3 Å². The summed E-state index contributed by atoms with van der Waals surface area (Å²) in [6, 6.07) is 2.00. The molecule has 15 heavy (non-hydrogen) atoms. The minimum atomic E-state index is -0.871. The van der Waals surface area contributed by atoms with E-state index in [2.05, 4.69) is 34.4 Å². The van der Waals surface area contributed by atoms with E-state index in [0.717, 1.165) is 3.57 Å². The second kappa shape index (κ2) is 4.98. The third-order valence-electron chi connectivity index (χ3n) is 2.42. The Hall–Kier alpha value is -0.560. The molecule has 0 amide bonds. The number of nitrogens with zero attached hydrogens (tertiary/aromatic N) is 2. The van der Waals surface area contributed by atoms with Crippen molar-refractivity contribution in [3.05, 3.63) is 21.5 Å². The number of rotatable bonds is 4. The number of carbonyl (C=O) groups is 1. The van der Waals surface area contributed by atoms with Gasteiger partial charge in [-0.05, 0) is 49.7 Å². The Labute approximate surface area is 103 Å². The van der Waals surface area contributed by atoms with Crippen LogP contribution in [-0.2, 0) is 6.54 Å². The first-order valence-electron chi connectivity index (χ1n) is 4.67. The van der Waals surface area contributed by atoms with E-state index < -0.39 is 5.97 Å². The van der Waals surface area contributed by atoms with E-state index in [-0.39, 0.29) is 0 Å². The number of likely N-dealkylation sites (N-methyl/N-ethyl adjacent to an activating group) is 1. The molecule has 4 nitrogen and oxygen atoms in total. The normalized spacial score (nSPS) is 13.1. The van der Waals surface area contributed by atoms with E-state index in [9.17, 15) is 4.79 Å². The molecule has 0 saturated heterocycles. The zero-order valence-electron chi connectivity index (χ0n) is 9.07. The van der Waals surface area contributed by atoms with Crippen LogP contribution in [0.5, 0.6) is 0 Å². The lowest BCUT2D eigenvalue weighted by Gasteiger charge is -2.20. The lowest BCUT2D eigenvalue weighted by atomic mass is 10.3. The highest BCUT2D eigenvalue weighted by Gasteiger charge is 2.14. The van der Waals surface area contributed by atoms with Gasteiger partial charge in [-0.15, -0.1) is 0 Å². The van der Waals surface area contributed by atoms with Gasteiger partial charge in [0.2, 0.25) is 0 Å². The van der Waals surface area contributed by atoms with Crippen LogP contribution < -0.4 is 0 Å². The molecule has 0 aliphatic rings. The summed E-state index contributed by atoms with van der Waals surface area (Å²) in [5.74, 6) is -0.871. The number of hydrogen-bond donors (Lipinski definition) is 1. The van der Waals surface area contributed by atoms with E-state index >= 15 is 0 Å². The summed E-state index contributed by atoms with van der Waals surface area (Å²) in [5, 5.41) is 8.99. The molecule has 0 aromatic carbocycles. The fraction of sp³-hybridized carbons (Fsp3) is 0.500. The Morgan fingerprint density at radius 2 is 2.27 bits per heavy atom. The van der Waals surface area contributed by atoms with Gasteiger partial charge in [-0.1, -0.05) is 0 Å². The lowest BCUT2D eigenvalue weighted by Crippen LogP contribution is -2.30. The van der Waals surface area contributed by atoms with Crippen molar-refractivity contribution in [2.75, 3.05) is 14.1 Å². The first-order valence-corrected chi connectivity index (χ1v) is 5.75. The minimum Gasteiger partial charge on any atom is -0.477 e. The number of aromatic carboxylic acids is 1. The predicted molar refractivity (Wildman–Crippen MR) is 67.3 cm³/mol. The first kappa shape index (κ1) is 12.5. The van der Waals surface area contributed by atoms with E-state index in [1.165, 1.54) is 0 Å². The molecule has 0 fully saturated rings. The molecule has 1 atom stereocenters. The fourth-order valence-corrected chi connectivity index (χ4v) is 1.88. The molecule has 0 saturated carbocycles. The summed E-state index contributed by atoms with van der Waals surface area (Å²) in [7, 11) is 3.97. The van der Waals surface area contributed by atoms with E-state index in [1.807, 2.05) is 20.3 Å². The Kier molecular flexibility index (Phi) is 4.15. The highest BCUT2D eigenvalue weighted by atomic mass is 127. The maximum absolute atomic E-state index is 10.9. The molecule has 1 aromatic rings. The molecule has 0 aliphatic carbocycles. The Morgan fingerprint density at radius 3 is 2.73 bits per heavy atom. The molecule has 0 bridgehead atoms. The number of carboxylic acid groups (broad SMARTS) is 1. The SMILES string of the molecule is CC(Cn1cc(I)cc1C(=O)O)N(C)C. The van der Waals surface area contributed by atoms with Gasteiger partial charge in [0.25, 0.3) is 0 Å². The lowest BCUT2D eigenvalue weighted by molar-refractivity contribution is 0.0683.